The van der Waals surface area contributed by atoms with E-state index in [2.05, 4.69) is 10.3 Å². The van der Waals surface area contributed by atoms with Gasteiger partial charge in [0, 0.05) is 5.56 Å². The highest BCUT2D eigenvalue weighted by Crippen LogP contribution is 2.35. The fourth-order valence-corrected chi connectivity index (χ4v) is 3.39. The second-order valence-electron chi connectivity index (χ2n) is 6.04. The number of amides is 1. The van der Waals surface area contributed by atoms with Crippen molar-refractivity contribution in [2.75, 3.05) is 14.2 Å². The molecule has 0 aliphatic heterocycles. The average Bonchev–Trinajstić information content (AvgIpc) is 3.00. The topological polar surface area (TPSA) is 97.8 Å². The summed E-state index contributed by atoms with van der Waals surface area (Å²) in [6.07, 6.45) is 0. The van der Waals surface area contributed by atoms with E-state index in [4.69, 9.17) is 9.47 Å². The molecular weight excluding hydrogens is 356 g/mol. The van der Waals surface area contributed by atoms with Gasteiger partial charge in [-0.3, -0.25) is 4.79 Å². The summed E-state index contributed by atoms with van der Waals surface area (Å²) < 4.78 is 10.5. The summed E-state index contributed by atoms with van der Waals surface area (Å²) in [4.78, 5) is 28.6. The number of nitrogens with zero attached hydrogens (tertiary/aromatic N) is 1. The van der Waals surface area contributed by atoms with Crippen LogP contribution in [0.3, 0.4) is 0 Å². The van der Waals surface area contributed by atoms with E-state index in [0.717, 1.165) is 5.56 Å². The maximum atomic E-state index is 12.5. The van der Waals surface area contributed by atoms with Crippen molar-refractivity contribution in [3.05, 3.63) is 28.8 Å². The number of carbonyl (C=O) groups is 2. The summed E-state index contributed by atoms with van der Waals surface area (Å²) in [5.41, 5.74) is 1.33. The highest BCUT2D eigenvalue weighted by molar-refractivity contribution is 7.17. The van der Waals surface area contributed by atoms with Crippen LogP contribution in [-0.4, -0.2) is 42.2 Å². The van der Waals surface area contributed by atoms with Crippen molar-refractivity contribution in [3.8, 4) is 22.1 Å². The van der Waals surface area contributed by atoms with Gasteiger partial charge in [-0.25, -0.2) is 9.78 Å². The number of thiazole rings is 1. The molecule has 2 rings (SSSR count). The molecule has 1 heterocycles. The Morgan fingerprint density at radius 3 is 2.38 bits per heavy atom. The number of nitrogens with one attached hydrogen (secondary N) is 1. The van der Waals surface area contributed by atoms with Gasteiger partial charge < -0.3 is 19.9 Å². The van der Waals surface area contributed by atoms with E-state index in [0.29, 0.717) is 27.1 Å². The van der Waals surface area contributed by atoms with Crippen molar-refractivity contribution < 1.29 is 24.2 Å². The molecule has 1 atom stereocenters. The van der Waals surface area contributed by atoms with Gasteiger partial charge in [0.25, 0.3) is 5.91 Å². The number of ether oxygens (including phenoxy) is 2. The molecule has 1 aromatic heterocycles. The molecule has 0 spiro atoms. The third-order valence-corrected chi connectivity index (χ3v) is 5.06. The van der Waals surface area contributed by atoms with Gasteiger partial charge in [0.1, 0.15) is 15.9 Å². The normalized spacial score (nSPS) is 11.9. The zero-order valence-electron chi connectivity index (χ0n) is 15.3. The number of aliphatic carboxylic acids is 1. The smallest absolute Gasteiger partial charge is 0.326 e. The molecule has 140 valence electrons. The monoisotopic (exact) mass is 378 g/mol. The summed E-state index contributed by atoms with van der Waals surface area (Å²) in [6, 6.07) is 4.43. The van der Waals surface area contributed by atoms with E-state index < -0.39 is 17.9 Å². The quantitative estimate of drug-likeness (QED) is 0.769. The number of hydrogen-bond donors (Lipinski definition) is 2. The summed E-state index contributed by atoms with van der Waals surface area (Å²) in [7, 11) is 3.10. The Kier molecular flexibility index (Phi) is 6.20. The Morgan fingerprint density at radius 1 is 1.19 bits per heavy atom. The number of carboxylic acids is 1. The minimum absolute atomic E-state index is 0.227. The summed E-state index contributed by atoms with van der Waals surface area (Å²) in [6.45, 7) is 5.21. The SMILES string of the molecule is COc1ccc(-c2nc(C)c(C(=O)N[C@H](C(=O)O)C(C)C)s2)cc1OC. The van der Waals surface area contributed by atoms with Gasteiger partial charge in [0.05, 0.1) is 19.9 Å². The first kappa shape index (κ1) is 19.7. The molecule has 0 aliphatic rings. The summed E-state index contributed by atoms with van der Waals surface area (Å²) in [5, 5.41) is 12.5. The van der Waals surface area contributed by atoms with Gasteiger partial charge in [-0.05, 0) is 31.0 Å². The molecule has 2 aromatic rings. The van der Waals surface area contributed by atoms with Crippen LogP contribution in [0.1, 0.15) is 29.2 Å². The lowest BCUT2D eigenvalue weighted by molar-refractivity contribution is -0.140. The van der Waals surface area contributed by atoms with Gasteiger partial charge in [-0.15, -0.1) is 11.3 Å². The summed E-state index contributed by atoms with van der Waals surface area (Å²) in [5.74, 6) is -0.559. The molecule has 0 saturated heterocycles. The van der Waals surface area contributed by atoms with Gasteiger partial charge in [0.15, 0.2) is 11.5 Å². The second-order valence-corrected chi connectivity index (χ2v) is 7.04. The number of hydrogen-bond acceptors (Lipinski definition) is 6. The molecule has 0 saturated carbocycles. The number of methoxy groups -OCH3 is 2. The van der Waals surface area contributed by atoms with E-state index in [-0.39, 0.29) is 5.92 Å². The third-order valence-electron chi connectivity index (χ3n) is 3.85. The standard InChI is InChI=1S/C18H22N2O5S/c1-9(2)14(18(22)23)20-16(21)15-10(3)19-17(26-15)11-6-7-12(24-4)13(8-11)25-5/h6-9,14H,1-5H3,(H,20,21)(H,22,23)/t14-/m0/s1. The Bertz CT molecular complexity index is 816. The van der Waals surface area contributed by atoms with Crippen LogP contribution < -0.4 is 14.8 Å². The number of carboxylic acid groups (broad SMARTS) is 1. The van der Waals surface area contributed by atoms with Crippen molar-refractivity contribution in [1.29, 1.82) is 0 Å². The maximum absolute atomic E-state index is 12.5. The minimum Gasteiger partial charge on any atom is -0.493 e. The van der Waals surface area contributed by atoms with Crippen molar-refractivity contribution in [2.24, 2.45) is 5.92 Å². The summed E-state index contributed by atoms with van der Waals surface area (Å²) >= 11 is 1.21. The molecule has 0 radical (unpaired) electrons. The Hall–Kier alpha value is -2.61. The zero-order chi connectivity index (χ0) is 19.4. The highest BCUT2D eigenvalue weighted by Gasteiger charge is 2.26. The van der Waals surface area contributed by atoms with E-state index >= 15 is 0 Å². The number of benzene rings is 1. The molecule has 8 heteroatoms. The molecule has 0 aliphatic carbocycles. The van der Waals surface area contributed by atoms with Crippen LogP contribution in [0, 0.1) is 12.8 Å². The van der Waals surface area contributed by atoms with Crippen LogP contribution in [-0.2, 0) is 4.79 Å². The van der Waals surface area contributed by atoms with Gasteiger partial charge in [0.2, 0.25) is 0 Å². The molecule has 2 N–H and O–H groups in total. The van der Waals surface area contributed by atoms with Crippen LogP contribution >= 0.6 is 11.3 Å². The first-order valence-electron chi connectivity index (χ1n) is 8.02. The predicted octanol–water partition coefficient (Wildman–Crippen LogP) is 2.97. The maximum Gasteiger partial charge on any atom is 0.326 e. The van der Waals surface area contributed by atoms with Crippen molar-refractivity contribution in [3.63, 3.8) is 0 Å². The first-order valence-corrected chi connectivity index (χ1v) is 8.83. The van der Waals surface area contributed by atoms with Crippen LogP contribution in [0.15, 0.2) is 18.2 Å². The number of aryl methyl sites for hydroxylation is 1. The van der Waals surface area contributed by atoms with Crippen LogP contribution in [0.25, 0.3) is 10.6 Å². The lowest BCUT2D eigenvalue weighted by Gasteiger charge is -2.17. The van der Waals surface area contributed by atoms with E-state index in [1.54, 1.807) is 47.1 Å². The fraction of sp³-hybridized carbons (Fsp3) is 0.389. The number of aromatic nitrogens is 1. The molecule has 7 nitrogen and oxygen atoms in total. The Morgan fingerprint density at radius 2 is 1.85 bits per heavy atom. The van der Waals surface area contributed by atoms with Crippen LogP contribution in [0.4, 0.5) is 0 Å². The van der Waals surface area contributed by atoms with Gasteiger partial charge >= 0.3 is 5.97 Å². The second kappa shape index (κ2) is 8.18. The zero-order valence-corrected chi connectivity index (χ0v) is 16.1. The van der Waals surface area contributed by atoms with Crippen LogP contribution in [0.2, 0.25) is 0 Å². The molecule has 0 unspecified atom stereocenters. The molecular formula is C18H22N2O5S. The molecule has 1 aromatic carbocycles. The third kappa shape index (κ3) is 4.13. The van der Waals surface area contributed by atoms with E-state index in [9.17, 15) is 14.7 Å². The average molecular weight is 378 g/mol. The first-order chi connectivity index (χ1) is 12.3. The predicted molar refractivity (Wildman–Crippen MR) is 99.1 cm³/mol. The van der Waals surface area contributed by atoms with Gasteiger partial charge in [-0.2, -0.15) is 0 Å². The Labute approximate surface area is 156 Å². The number of carbonyl (C=O) groups excluding carboxylic acids is 1. The van der Waals surface area contributed by atoms with E-state index in [1.807, 2.05) is 6.07 Å². The minimum atomic E-state index is -1.06. The van der Waals surface area contributed by atoms with Crippen molar-refractivity contribution >= 4 is 23.2 Å². The van der Waals surface area contributed by atoms with E-state index in [1.165, 1.54) is 11.3 Å². The fourth-order valence-electron chi connectivity index (χ4n) is 2.42. The van der Waals surface area contributed by atoms with Crippen molar-refractivity contribution in [2.45, 2.75) is 26.8 Å². The van der Waals surface area contributed by atoms with Crippen molar-refractivity contribution in [1.82, 2.24) is 10.3 Å². The molecule has 1 amide bonds. The number of rotatable bonds is 7. The lowest BCUT2D eigenvalue weighted by atomic mass is 10.0. The highest BCUT2D eigenvalue weighted by atomic mass is 32.1. The van der Waals surface area contributed by atoms with Gasteiger partial charge in [-0.1, -0.05) is 13.8 Å². The largest absolute Gasteiger partial charge is 0.493 e. The van der Waals surface area contributed by atoms with Crippen LogP contribution in [0.5, 0.6) is 11.5 Å². The molecule has 0 bridgehead atoms. The molecule has 0 fully saturated rings. The lowest BCUT2D eigenvalue weighted by Crippen LogP contribution is -2.44. The molecule has 26 heavy (non-hydrogen) atoms. The Balaban J connectivity index is 2.31.